The summed E-state index contributed by atoms with van der Waals surface area (Å²) in [5, 5.41) is 3.18. The zero-order valence-corrected chi connectivity index (χ0v) is 21.0. The van der Waals surface area contributed by atoms with Crippen LogP contribution in [0, 0.1) is 6.92 Å². The average Bonchev–Trinajstić information content (AvgIpc) is 3.57. The van der Waals surface area contributed by atoms with Gasteiger partial charge in [-0.05, 0) is 55.2 Å². The molecule has 3 heterocycles. The van der Waals surface area contributed by atoms with E-state index in [2.05, 4.69) is 20.0 Å². The summed E-state index contributed by atoms with van der Waals surface area (Å²) in [7, 11) is 1.26. The Morgan fingerprint density at radius 1 is 1.21 bits per heavy atom. The molecule has 0 unspecified atom stereocenters. The highest BCUT2D eigenvalue weighted by molar-refractivity contribution is 5.89. The van der Waals surface area contributed by atoms with E-state index in [4.69, 9.17) is 9.15 Å². The first-order chi connectivity index (χ1) is 18.4. The number of rotatable bonds is 9. The lowest BCUT2D eigenvalue weighted by molar-refractivity contribution is -0.133. The lowest BCUT2D eigenvalue weighted by atomic mass is 10.0. The number of hydrogen-bond acceptors (Lipinski definition) is 9. The Morgan fingerprint density at radius 3 is 2.82 bits per heavy atom. The van der Waals surface area contributed by atoms with Gasteiger partial charge in [0.05, 0.1) is 18.7 Å². The monoisotopic (exact) mass is 518 g/mol. The molecule has 2 aromatic heterocycles. The van der Waals surface area contributed by atoms with E-state index in [0.717, 1.165) is 16.8 Å². The Kier molecular flexibility index (Phi) is 7.32. The second-order valence-electron chi connectivity index (χ2n) is 9.09. The molecule has 1 N–H and O–H groups in total. The number of anilines is 2. The number of hydrogen-bond donors (Lipinski definition) is 1. The maximum Gasteiger partial charge on any atom is 0.339 e. The summed E-state index contributed by atoms with van der Waals surface area (Å²) < 4.78 is 30.9. The summed E-state index contributed by atoms with van der Waals surface area (Å²) >= 11 is 0. The fourth-order valence-corrected chi connectivity index (χ4v) is 4.51. The minimum atomic E-state index is -1.85. The van der Waals surface area contributed by atoms with Crippen LogP contribution in [-0.4, -0.2) is 52.8 Å². The van der Waals surface area contributed by atoms with E-state index < -0.39 is 18.5 Å². The number of likely N-dealkylation sites (tertiary alicyclic amines) is 1. The number of aryl methyl sites for hydroxylation is 1. The van der Waals surface area contributed by atoms with Gasteiger partial charge in [0.2, 0.25) is 5.88 Å². The van der Waals surface area contributed by atoms with Crippen molar-refractivity contribution in [2.45, 2.75) is 38.7 Å². The molecule has 2 atom stereocenters. The predicted molar refractivity (Wildman–Crippen MR) is 138 cm³/mol. The van der Waals surface area contributed by atoms with Gasteiger partial charge in [0, 0.05) is 30.9 Å². The van der Waals surface area contributed by atoms with E-state index in [1.54, 1.807) is 6.07 Å². The quantitative estimate of drug-likeness (QED) is 0.243. The molecule has 196 valence electrons. The molecular formula is C28H27FN4O5. The zero-order chi connectivity index (χ0) is 26.6. The van der Waals surface area contributed by atoms with Crippen molar-refractivity contribution in [3.63, 3.8) is 0 Å². The topological polar surface area (TPSA) is 107 Å². The molecule has 0 spiro atoms. The number of alkyl halides is 1. The van der Waals surface area contributed by atoms with Gasteiger partial charge in [-0.15, -0.1) is 0 Å². The minimum Gasteiger partial charge on any atom is -0.465 e. The Morgan fingerprint density at radius 2 is 2.05 bits per heavy atom. The van der Waals surface area contributed by atoms with Crippen LogP contribution >= 0.6 is 0 Å². The molecule has 4 aromatic rings. The number of para-hydroxylation sites is 1. The number of fused-ring (bicyclic) bond motifs is 1. The number of methoxy groups -OCH3 is 1. The Labute approximate surface area is 218 Å². The van der Waals surface area contributed by atoms with Gasteiger partial charge in [-0.1, -0.05) is 24.3 Å². The molecule has 1 aliphatic heterocycles. The van der Waals surface area contributed by atoms with Crippen molar-refractivity contribution in [1.29, 1.82) is 0 Å². The van der Waals surface area contributed by atoms with Crippen LogP contribution in [0.3, 0.4) is 0 Å². The van der Waals surface area contributed by atoms with Crippen LogP contribution in [0.2, 0.25) is 0 Å². The van der Waals surface area contributed by atoms with Gasteiger partial charge in [-0.25, -0.2) is 14.7 Å². The van der Waals surface area contributed by atoms with Crippen molar-refractivity contribution < 1.29 is 27.9 Å². The van der Waals surface area contributed by atoms with Crippen LogP contribution in [0.15, 0.2) is 65.2 Å². The standard InChI is InChI=1S/C28H27FN4O5/c1-17-6-3-4-7-20(17)31-28-32-21-11-9-18(15-24(21)37-28)14-23(34)22-8-5-13-33(22)27(29)38-25-12-10-19(16-30-25)26(35)36-2/h3-4,6-7,9-12,15-16,22,27H,5,8,13-14H2,1-2H3,(H,31,32)/t22-,27-/m0/s1. The second kappa shape index (κ2) is 11.0. The van der Waals surface area contributed by atoms with Crippen LogP contribution in [0.4, 0.5) is 16.1 Å². The number of carbonyl (C=O) groups excluding carboxylic acids is 2. The molecule has 1 fully saturated rings. The van der Waals surface area contributed by atoms with E-state index in [-0.39, 0.29) is 23.6 Å². The molecule has 0 bridgehead atoms. The van der Waals surface area contributed by atoms with E-state index in [9.17, 15) is 9.59 Å². The van der Waals surface area contributed by atoms with Crippen molar-refractivity contribution in [3.05, 3.63) is 77.5 Å². The number of oxazole rings is 1. The molecule has 0 aliphatic carbocycles. The van der Waals surface area contributed by atoms with Gasteiger partial charge in [0.25, 0.3) is 6.01 Å². The third-order valence-electron chi connectivity index (χ3n) is 6.52. The largest absolute Gasteiger partial charge is 0.465 e. The summed E-state index contributed by atoms with van der Waals surface area (Å²) in [4.78, 5) is 34.5. The summed E-state index contributed by atoms with van der Waals surface area (Å²) in [6.07, 6.45) is 2.58. The fourth-order valence-electron chi connectivity index (χ4n) is 4.51. The first-order valence-corrected chi connectivity index (χ1v) is 12.3. The number of benzene rings is 2. The SMILES string of the molecule is COC(=O)c1ccc(O[C@@H](F)N2CCC[C@H]2C(=O)Cc2ccc3nc(Nc4ccccc4C)oc3c2)nc1. The summed E-state index contributed by atoms with van der Waals surface area (Å²) in [5.41, 5.74) is 4.17. The van der Waals surface area contributed by atoms with Crippen molar-refractivity contribution in [1.82, 2.24) is 14.9 Å². The lowest BCUT2D eigenvalue weighted by Gasteiger charge is -2.26. The Hall–Kier alpha value is -4.31. The number of aromatic nitrogens is 2. The summed E-state index contributed by atoms with van der Waals surface area (Å²) in [6, 6.07) is 15.8. The first kappa shape index (κ1) is 25.3. The molecular weight excluding hydrogens is 491 g/mol. The fraction of sp³-hybridized carbons (Fsp3) is 0.286. The molecule has 5 rings (SSSR count). The van der Waals surface area contributed by atoms with Gasteiger partial charge in [-0.3, -0.25) is 4.79 Å². The number of halogens is 1. The molecule has 0 radical (unpaired) electrons. The molecule has 38 heavy (non-hydrogen) atoms. The van der Waals surface area contributed by atoms with Gasteiger partial charge >= 0.3 is 12.5 Å². The van der Waals surface area contributed by atoms with E-state index >= 15 is 4.39 Å². The van der Waals surface area contributed by atoms with Gasteiger partial charge in [-0.2, -0.15) is 9.37 Å². The number of nitrogens with zero attached hydrogens (tertiary/aromatic N) is 3. The van der Waals surface area contributed by atoms with Crippen molar-refractivity contribution in [3.8, 4) is 5.88 Å². The normalized spacial score (nSPS) is 16.3. The van der Waals surface area contributed by atoms with Gasteiger partial charge in [0.15, 0.2) is 11.4 Å². The third kappa shape index (κ3) is 5.50. The molecule has 1 saturated heterocycles. The summed E-state index contributed by atoms with van der Waals surface area (Å²) in [5.74, 6) is -0.651. The highest BCUT2D eigenvalue weighted by Gasteiger charge is 2.36. The Balaban J connectivity index is 1.23. The van der Waals surface area contributed by atoms with E-state index in [1.807, 2.05) is 43.3 Å². The number of ketones is 1. The molecule has 9 nitrogen and oxygen atoms in total. The highest BCUT2D eigenvalue weighted by atomic mass is 19.1. The van der Waals surface area contributed by atoms with E-state index in [1.165, 1.54) is 30.3 Å². The number of Topliss-reactive ketones (excluding diaryl/α,β-unsaturated/α-hetero) is 1. The van der Waals surface area contributed by atoms with Gasteiger partial charge < -0.3 is 19.2 Å². The average molecular weight is 519 g/mol. The van der Waals surface area contributed by atoms with Crippen molar-refractivity contribution >= 4 is 34.6 Å². The lowest BCUT2D eigenvalue weighted by Crippen LogP contribution is -2.44. The highest BCUT2D eigenvalue weighted by Crippen LogP contribution is 2.27. The molecule has 2 aromatic carbocycles. The maximum absolute atomic E-state index is 15.1. The smallest absolute Gasteiger partial charge is 0.339 e. The van der Waals surface area contributed by atoms with Crippen LogP contribution in [0.5, 0.6) is 5.88 Å². The first-order valence-electron chi connectivity index (χ1n) is 12.3. The van der Waals surface area contributed by atoms with Crippen LogP contribution in [0.1, 0.15) is 34.3 Å². The minimum absolute atomic E-state index is 0.00846. The van der Waals surface area contributed by atoms with Crippen LogP contribution in [-0.2, 0) is 16.0 Å². The van der Waals surface area contributed by atoms with E-state index in [0.29, 0.717) is 36.5 Å². The molecule has 0 amide bonds. The van der Waals surface area contributed by atoms with Gasteiger partial charge in [0.1, 0.15) is 5.52 Å². The Bertz CT molecular complexity index is 1460. The van der Waals surface area contributed by atoms with Crippen molar-refractivity contribution in [2.24, 2.45) is 0 Å². The van der Waals surface area contributed by atoms with Crippen LogP contribution < -0.4 is 10.1 Å². The zero-order valence-electron chi connectivity index (χ0n) is 21.0. The number of ether oxygens (including phenoxy) is 2. The second-order valence-corrected chi connectivity index (χ2v) is 9.09. The maximum atomic E-state index is 15.1. The molecule has 0 saturated carbocycles. The predicted octanol–water partition coefficient (Wildman–Crippen LogP) is 4.97. The third-order valence-corrected chi connectivity index (χ3v) is 6.52. The number of pyridine rings is 1. The molecule has 10 heteroatoms. The molecule has 1 aliphatic rings. The number of nitrogens with one attached hydrogen (secondary N) is 1. The number of esters is 1. The summed E-state index contributed by atoms with van der Waals surface area (Å²) in [6.45, 7) is 0.521. The van der Waals surface area contributed by atoms with Crippen molar-refractivity contribution in [2.75, 3.05) is 19.0 Å². The number of carbonyl (C=O) groups is 2. The van der Waals surface area contributed by atoms with Crippen LogP contribution in [0.25, 0.3) is 11.1 Å².